The maximum absolute atomic E-state index is 12.3. The minimum absolute atomic E-state index is 0.132. The predicted octanol–water partition coefficient (Wildman–Crippen LogP) is 2.32. The second-order valence-electron chi connectivity index (χ2n) is 5.79. The Balaban J connectivity index is 1.90. The van der Waals surface area contributed by atoms with Gasteiger partial charge < -0.3 is 5.32 Å². The van der Waals surface area contributed by atoms with Crippen LogP contribution in [0.2, 0.25) is 0 Å². The third kappa shape index (κ3) is 4.66. The topological polar surface area (TPSA) is 75.3 Å². The van der Waals surface area contributed by atoms with Crippen molar-refractivity contribution in [3.8, 4) is 0 Å². The lowest BCUT2D eigenvalue weighted by atomic mass is 10.1. The lowest BCUT2D eigenvalue weighted by Crippen LogP contribution is -2.35. The van der Waals surface area contributed by atoms with Crippen LogP contribution in [0.25, 0.3) is 0 Å². The third-order valence-corrected chi connectivity index (χ3v) is 5.22. The molecule has 2 aromatic carbocycles. The van der Waals surface area contributed by atoms with Crippen LogP contribution in [0.1, 0.15) is 27.0 Å². The van der Waals surface area contributed by atoms with Gasteiger partial charge in [0.2, 0.25) is 10.0 Å². The average molecular weight is 346 g/mol. The van der Waals surface area contributed by atoms with Crippen LogP contribution in [0.4, 0.5) is 0 Å². The quantitative estimate of drug-likeness (QED) is 0.788. The van der Waals surface area contributed by atoms with Crippen molar-refractivity contribution in [1.29, 1.82) is 0 Å². The van der Waals surface area contributed by atoms with Gasteiger partial charge in [-0.05, 0) is 44.5 Å². The zero-order chi connectivity index (χ0) is 17.7. The first-order valence-corrected chi connectivity index (χ1v) is 9.20. The smallest absolute Gasteiger partial charge is 0.251 e. The van der Waals surface area contributed by atoms with E-state index in [1.807, 2.05) is 32.0 Å². The van der Waals surface area contributed by atoms with Crippen molar-refractivity contribution >= 4 is 15.9 Å². The van der Waals surface area contributed by atoms with Crippen LogP contribution in [-0.4, -0.2) is 27.4 Å². The molecule has 6 heteroatoms. The molecule has 0 aliphatic carbocycles. The first-order chi connectivity index (χ1) is 11.3. The molecule has 2 aromatic rings. The lowest BCUT2D eigenvalue weighted by Gasteiger charge is -2.10. The van der Waals surface area contributed by atoms with E-state index < -0.39 is 10.0 Å². The zero-order valence-electron chi connectivity index (χ0n) is 14.1. The summed E-state index contributed by atoms with van der Waals surface area (Å²) < 4.78 is 27.1. The largest absolute Gasteiger partial charge is 0.351 e. The van der Waals surface area contributed by atoms with E-state index in [1.54, 1.807) is 31.2 Å². The molecule has 0 atom stereocenters. The molecule has 24 heavy (non-hydrogen) atoms. The van der Waals surface area contributed by atoms with Crippen molar-refractivity contribution in [3.63, 3.8) is 0 Å². The van der Waals surface area contributed by atoms with E-state index in [0.29, 0.717) is 11.1 Å². The lowest BCUT2D eigenvalue weighted by molar-refractivity contribution is 0.0954. The third-order valence-electron chi connectivity index (χ3n) is 3.60. The summed E-state index contributed by atoms with van der Waals surface area (Å²) in [4.78, 5) is 12.3. The van der Waals surface area contributed by atoms with Crippen LogP contribution in [0.15, 0.2) is 47.4 Å². The SMILES string of the molecule is Cc1cccc(C(=O)NCCNS(=O)(=O)c2ccc(C)cc2C)c1. The molecule has 1 amide bonds. The van der Waals surface area contributed by atoms with Crippen molar-refractivity contribution in [2.45, 2.75) is 25.7 Å². The van der Waals surface area contributed by atoms with Crippen molar-refractivity contribution in [3.05, 3.63) is 64.7 Å². The van der Waals surface area contributed by atoms with Crippen LogP contribution in [0.3, 0.4) is 0 Å². The molecule has 0 aromatic heterocycles. The molecule has 0 fully saturated rings. The van der Waals surface area contributed by atoms with Crippen molar-refractivity contribution in [1.82, 2.24) is 10.0 Å². The highest BCUT2D eigenvalue weighted by atomic mass is 32.2. The molecule has 0 saturated carbocycles. The summed E-state index contributed by atoms with van der Waals surface area (Å²) in [5.41, 5.74) is 3.27. The Hall–Kier alpha value is -2.18. The number of aryl methyl sites for hydroxylation is 3. The molecule has 0 spiro atoms. The second kappa shape index (κ2) is 7.59. The van der Waals surface area contributed by atoms with Gasteiger partial charge in [0, 0.05) is 18.7 Å². The zero-order valence-corrected chi connectivity index (χ0v) is 14.9. The molecular formula is C18H22N2O3S. The minimum atomic E-state index is -3.58. The van der Waals surface area contributed by atoms with Crippen molar-refractivity contribution in [2.75, 3.05) is 13.1 Å². The molecule has 0 saturated heterocycles. The molecule has 0 radical (unpaired) electrons. The van der Waals surface area contributed by atoms with E-state index in [2.05, 4.69) is 10.0 Å². The molecule has 0 unspecified atom stereocenters. The first-order valence-electron chi connectivity index (χ1n) is 7.71. The first kappa shape index (κ1) is 18.2. The highest BCUT2D eigenvalue weighted by Crippen LogP contribution is 2.15. The number of rotatable bonds is 6. The summed E-state index contributed by atoms with van der Waals surface area (Å²) in [6, 6.07) is 12.4. The maximum atomic E-state index is 12.3. The monoisotopic (exact) mass is 346 g/mol. The van der Waals surface area contributed by atoms with E-state index >= 15 is 0 Å². The van der Waals surface area contributed by atoms with Gasteiger partial charge in [0.15, 0.2) is 0 Å². The molecule has 2 N–H and O–H groups in total. The van der Waals surface area contributed by atoms with Crippen LogP contribution in [-0.2, 0) is 10.0 Å². The fraction of sp³-hybridized carbons (Fsp3) is 0.278. The summed E-state index contributed by atoms with van der Waals surface area (Å²) in [7, 11) is -3.58. The van der Waals surface area contributed by atoms with E-state index in [9.17, 15) is 13.2 Å². The summed E-state index contributed by atoms with van der Waals surface area (Å²) in [6.45, 7) is 5.94. The molecular weight excluding hydrogens is 324 g/mol. The fourth-order valence-corrected chi connectivity index (χ4v) is 3.68. The van der Waals surface area contributed by atoms with Crippen LogP contribution < -0.4 is 10.0 Å². The number of hydrogen-bond donors (Lipinski definition) is 2. The highest BCUT2D eigenvalue weighted by Gasteiger charge is 2.16. The molecule has 0 aliphatic rings. The van der Waals surface area contributed by atoms with Gasteiger partial charge in [-0.3, -0.25) is 4.79 Å². The molecule has 5 nitrogen and oxygen atoms in total. The van der Waals surface area contributed by atoms with Gasteiger partial charge in [0.25, 0.3) is 5.91 Å². The number of amides is 1. The van der Waals surface area contributed by atoms with Crippen LogP contribution in [0.5, 0.6) is 0 Å². The van der Waals surface area contributed by atoms with E-state index in [-0.39, 0.29) is 23.9 Å². The summed E-state index contributed by atoms with van der Waals surface area (Å²) in [5, 5.41) is 2.71. The number of benzene rings is 2. The Morgan fingerprint density at radius 1 is 0.958 bits per heavy atom. The van der Waals surface area contributed by atoms with Gasteiger partial charge in [-0.1, -0.05) is 35.4 Å². The fourth-order valence-electron chi connectivity index (χ4n) is 2.43. The van der Waals surface area contributed by atoms with Gasteiger partial charge in [-0.2, -0.15) is 0 Å². The normalized spacial score (nSPS) is 11.3. The Morgan fingerprint density at radius 2 is 1.67 bits per heavy atom. The summed E-state index contributed by atoms with van der Waals surface area (Å²) in [5.74, 6) is -0.218. The van der Waals surface area contributed by atoms with Gasteiger partial charge in [-0.25, -0.2) is 13.1 Å². The highest BCUT2D eigenvalue weighted by molar-refractivity contribution is 7.89. The van der Waals surface area contributed by atoms with Crippen LogP contribution >= 0.6 is 0 Å². The minimum Gasteiger partial charge on any atom is -0.351 e. The average Bonchev–Trinajstić information content (AvgIpc) is 2.51. The van der Waals surface area contributed by atoms with Crippen molar-refractivity contribution in [2.24, 2.45) is 0 Å². The van der Waals surface area contributed by atoms with Crippen molar-refractivity contribution < 1.29 is 13.2 Å². The molecule has 2 rings (SSSR count). The van der Waals surface area contributed by atoms with E-state index in [4.69, 9.17) is 0 Å². The Kier molecular flexibility index (Phi) is 5.75. The Bertz CT molecular complexity index is 845. The molecule has 0 bridgehead atoms. The molecule has 0 aliphatic heterocycles. The van der Waals surface area contributed by atoms with Gasteiger partial charge >= 0.3 is 0 Å². The van der Waals surface area contributed by atoms with E-state index in [1.165, 1.54) is 0 Å². The second-order valence-corrected chi connectivity index (χ2v) is 7.53. The number of nitrogens with one attached hydrogen (secondary N) is 2. The number of carbonyl (C=O) groups excluding carboxylic acids is 1. The molecule has 128 valence electrons. The molecule has 0 heterocycles. The standard InChI is InChI=1S/C18H22N2O3S/c1-13-5-4-6-16(12-13)18(21)19-9-10-20-24(22,23)17-8-7-14(2)11-15(17)3/h4-8,11-12,20H,9-10H2,1-3H3,(H,19,21). The van der Waals surface area contributed by atoms with Crippen LogP contribution in [0, 0.1) is 20.8 Å². The summed E-state index contributed by atoms with van der Waals surface area (Å²) >= 11 is 0. The number of carbonyl (C=O) groups is 1. The Labute approximate surface area is 143 Å². The number of hydrogen-bond acceptors (Lipinski definition) is 3. The predicted molar refractivity (Wildman–Crippen MR) is 94.6 cm³/mol. The van der Waals surface area contributed by atoms with Gasteiger partial charge in [-0.15, -0.1) is 0 Å². The maximum Gasteiger partial charge on any atom is 0.251 e. The van der Waals surface area contributed by atoms with Gasteiger partial charge in [0.1, 0.15) is 0 Å². The van der Waals surface area contributed by atoms with E-state index in [0.717, 1.165) is 11.1 Å². The van der Waals surface area contributed by atoms with Gasteiger partial charge in [0.05, 0.1) is 4.90 Å². The summed E-state index contributed by atoms with van der Waals surface area (Å²) in [6.07, 6.45) is 0. The Morgan fingerprint density at radius 3 is 2.33 bits per heavy atom. The number of sulfonamides is 1.